The standard InChI is InChI=1S/C11H12Cl2N2O3/c1-14(4-2-3-12)11(16)8-5-9(13)7-10(6-8)15(17)18/h5-7H,2-4H2,1H3. The fourth-order valence-corrected chi connectivity index (χ4v) is 1.77. The Labute approximate surface area is 114 Å². The van der Waals surface area contributed by atoms with E-state index in [4.69, 9.17) is 23.2 Å². The number of carbonyl (C=O) groups is 1. The van der Waals surface area contributed by atoms with Crippen molar-refractivity contribution >= 4 is 34.8 Å². The Morgan fingerprint density at radius 1 is 1.44 bits per heavy atom. The Hall–Kier alpha value is -1.33. The summed E-state index contributed by atoms with van der Waals surface area (Å²) in [4.78, 5) is 23.5. The summed E-state index contributed by atoms with van der Waals surface area (Å²) in [7, 11) is 1.61. The molecule has 0 bridgehead atoms. The first-order chi connectivity index (χ1) is 8.45. The van der Waals surface area contributed by atoms with Crippen LogP contribution in [0.15, 0.2) is 18.2 Å². The number of carbonyl (C=O) groups excluding carboxylic acids is 1. The molecule has 0 fully saturated rings. The van der Waals surface area contributed by atoms with E-state index in [1.165, 1.54) is 23.1 Å². The predicted molar refractivity (Wildman–Crippen MR) is 70.4 cm³/mol. The van der Waals surface area contributed by atoms with Gasteiger partial charge in [0.15, 0.2) is 0 Å². The Morgan fingerprint density at radius 2 is 2.11 bits per heavy atom. The molecule has 0 heterocycles. The molecule has 98 valence electrons. The smallest absolute Gasteiger partial charge is 0.271 e. The average Bonchev–Trinajstić information content (AvgIpc) is 2.34. The molecule has 0 aliphatic carbocycles. The number of rotatable bonds is 5. The Kier molecular flexibility index (Phi) is 5.37. The van der Waals surface area contributed by atoms with Gasteiger partial charge in [0.2, 0.25) is 0 Å². The molecule has 0 aromatic heterocycles. The zero-order valence-corrected chi connectivity index (χ0v) is 11.2. The van der Waals surface area contributed by atoms with Gasteiger partial charge in [-0.3, -0.25) is 14.9 Å². The van der Waals surface area contributed by atoms with Crippen molar-refractivity contribution in [2.75, 3.05) is 19.5 Å². The van der Waals surface area contributed by atoms with Crippen molar-refractivity contribution < 1.29 is 9.72 Å². The van der Waals surface area contributed by atoms with Crippen LogP contribution in [0, 0.1) is 10.1 Å². The first-order valence-corrected chi connectivity index (χ1v) is 6.13. The van der Waals surface area contributed by atoms with Gasteiger partial charge in [-0.05, 0) is 12.5 Å². The van der Waals surface area contributed by atoms with Gasteiger partial charge in [0, 0.05) is 42.2 Å². The van der Waals surface area contributed by atoms with Gasteiger partial charge >= 0.3 is 0 Å². The molecule has 1 amide bonds. The molecule has 0 saturated carbocycles. The van der Waals surface area contributed by atoms with E-state index in [0.29, 0.717) is 18.8 Å². The first kappa shape index (κ1) is 14.7. The summed E-state index contributed by atoms with van der Waals surface area (Å²) in [6, 6.07) is 3.83. The fourth-order valence-electron chi connectivity index (χ4n) is 1.42. The lowest BCUT2D eigenvalue weighted by atomic mass is 10.1. The molecule has 0 N–H and O–H groups in total. The minimum Gasteiger partial charge on any atom is -0.342 e. The monoisotopic (exact) mass is 290 g/mol. The number of hydrogen-bond acceptors (Lipinski definition) is 3. The topological polar surface area (TPSA) is 63.5 Å². The summed E-state index contributed by atoms with van der Waals surface area (Å²) in [6.07, 6.45) is 0.659. The molecule has 0 spiro atoms. The molecule has 0 atom stereocenters. The lowest BCUT2D eigenvalue weighted by Gasteiger charge is -2.16. The maximum Gasteiger partial charge on any atom is 0.271 e. The SMILES string of the molecule is CN(CCCCl)C(=O)c1cc(Cl)cc([N+](=O)[O-])c1. The third kappa shape index (κ3) is 3.85. The van der Waals surface area contributed by atoms with Crippen LogP contribution >= 0.6 is 23.2 Å². The number of alkyl halides is 1. The van der Waals surface area contributed by atoms with Gasteiger partial charge in [-0.15, -0.1) is 11.6 Å². The lowest BCUT2D eigenvalue weighted by Crippen LogP contribution is -2.28. The quantitative estimate of drug-likeness (QED) is 0.476. The number of nitrogens with zero attached hydrogens (tertiary/aromatic N) is 2. The Morgan fingerprint density at radius 3 is 2.67 bits per heavy atom. The number of benzene rings is 1. The van der Waals surface area contributed by atoms with Crippen LogP contribution in [0.3, 0.4) is 0 Å². The lowest BCUT2D eigenvalue weighted by molar-refractivity contribution is -0.384. The molecule has 7 heteroatoms. The van der Waals surface area contributed by atoms with Gasteiger partial charge in [0.05, 0.1) is 4.92 Å². The van der Waals surface area contributed by atoms with E-state index in [0.717, 1.165) is 0 Å². The van der Waals surface area contributed by atoms with Gasteiger partial charge in [-0.1, -0.05) is 11.6 Å². The molecule has 18 heavy (non-hydrogen) atoms. The van der Waals surface area contributed by atoms with Crippen molar-refractivity contribution in [2.24, 2.45) is 0 Å². The number of hydrogen-bond donors (Lipinski definition) is 0. The molecule has 0 aliphatic rings. The van der Waals surface area contributed by atoms with E-state index in [9.17, 15) is 14.9 Å². The van der Waals surface area contributed by atoms with E-state index < -0.39 is 4.92 Å². The van der Waals surface area contributed by atoms with Crippen LogP contribution in [-0.2, 0) is 0 Å². The minimum atomic E-state index is -0.582. The van der Waals surface area contributed by atoms with E-state index in [1.807, 2.05) is 0 Å². The Balaban J connectivity index is 2.95. The maximum atomic E-state index is 12.0. The predicted octanol–water partition coefficient (Wildman–Crippen LogP) is 2.95. The van der Waals surface area contributed by atoms with Crippen LogP contribution < -0.4 is 0 Å². The molecule has 0 saturated heterocycles. The van der Waals surface area contributed by atoms with Crippen molar-refractivity contribution in [1.82, 2.24) is 4.90 Å². The second-order valence-electron chi connectivity index (χ2n) is 3.72. The molecular weight excluding hydrogens is 279 g/mol. The van der Waals surface area contributed by atoms with Gasteiger partial charge in [-0.25, -0.2) is 0 Å². The number of halogens is 2. The van der Waals surface area contributed by atoms with Crippen molar-refractivity contribution in [2.45, 2.75) is 6.42 Å². The van der Waals surface area contributed by atoms with Gasteiger partial charge < -0.3 is 4.90 Å². The van der Waals surface area contributed by atoms with Gasteiger partial charge in [0.25, 0.3) is 11.6 Å². The highest BCUT2D eigenvalue weighted by molar-refractivity contribution is 6.31. The number of nitro groups is 1. The van der Waals surface area contributed by atoms with Gasteiger partial charge in [0.1, 0.15) is 0 Å². The second-order valence-corrected chi connectivity index (χ2v) is 4.54. The molecular formula is C11H12Cl2N2O3. The summed E-state index contributed by atoms with van der Waals surface area (Å²) >= 11 is 11.3. The average molecular weight is 291 g/mol. The second kappa shape index (κ2) is 6.56. The normalized spacial score (nSPS) is 10.2. The van der Waals surface area contributed by atoms with Crippen LogP contribution in [0.25, 0.3) is 0 Å². The van der Waals surface area contributed by atoms with E-state index in [1.54, 1.807) is 7.05 Å². The highest BCUT2D eigenvalue weighted by Gasteiger charge is 2.16. The number of amides is 1. The fraction of sp³-hybridized carbons (Fsp3) is 0.364. The van der Waals surface area contributed by atoms with E-state index in [2.05, 4.69) is 0 Å². The van der Waals surface area contributed by atoms with Crippen molar-refractivity contribution in [3.63, 3.8) is 0 Å². The Bertz CT molecular complexity index is 466. The summed E-state index contributed by atoms with van der Waals surface area (Å²) in [5.74, 6) is 0.138. The van der Waals surface area contributed by atoms with Crippen molar-refractivity contribution in [1.29, 1.82) is 0 Å². The van der Waals surface area contributed by atoms with E-state index >= 15 is 0 Å². The van der Waals surface area contributed by atoms with Crippen LogP contribution in [0.5, 0.6) is 0 Å². The molecule has 5 nitrogen and oxygen atoms in total. The zero-order valence-electron chi connectivity index (χ0n) is 9.73. The van der Waals surface area contributed by atoms with Crippen molar-refractivity contribution in [3.8, 4) is 0 Å². The summed E-state index contributed by atoms with van der Waals surface area (Å²) in [6.45, 7) is 0.489. The highest BCUT2D eigenvalue weighted by Crippen LogP contribution is 2.21. The molecule has 1 aromatic rings. The van der Waals surface area contributed by atoms with Crippen LogP contribution in [0.1, 0.15) is 16.8 Å². The third-order valence-corrected chi connectivity index (χ3v) is 2.80. The van der Waals surface area contributed by atoms with Crippen LogP contribution in [-0.4, -0.2) is 35.2 Å². The number of nitro benzene ring substituents is 1. The zero-order chi connectivity index (χ0) is 13.7. The molecule has 0 unspecified atom stereocenters. The van der Waals surface area contributed by atoms with Gasteiger partial charge in [-0.2, -0.15) is 0 Å². The van der Waals surface area contributed by atoms with E-state index in [-0.39, 0.29) is 22.2 Å². The first-order valence-electron chi connectivity index (χ1n) is 5.22. The minimum absolute atomic E-state index is 0.165. The van der Waals surface area contributed by atoms with Crippen molar-refractivity contribution in [3.05, 3.63) is 38.9 Å². The number of non-ortho nitro benzene ring substituents is 1. The van der Waals surface area contributed by atoms with Crippen LogP contribution in [0.4, 0.5) is 5.69 Å². The summed E-state index contributed by atoms with van der Waals surface area (Å²) in [5.41, 5.74) is 0.00265. The third-order valence-electron chi connectivity index (χ3n) is 2.31. The van der Waals surface area contributed by atoms with Crippen LogP contribution in [0.2, 0.25) is 5.02 Å². The summed E-state index contributed by atoms with van der Waals surface area (Å²) in [5, 5.41) is 10.8. The molecule has 0 radical (unpaired) electrons. The summed E-state index contributed by atoms with van der Waals surface area (Å²) < 4.78 is 0. The molecule has 0 aliphatic heterocycles. The molecule has 1 rings (SSSR count). The maximum absolute atomic E-state index is 12.0. The largest absolute Gasteiger partial charge is 0.342 e. The molecule has 1 aromatic carbocycles. The highest BCUT2D eigenvalue weighted by atomic mass is 35.5.